The number of aliphatic hydroxyl groups is 1. The highest BCUT2D eigenvalue weighted by Gasteiger charge is 1.79. The van der Waals surface area contributed by atoms with Crippen molar-refractivity contribution in [3.05, 3.63) is 35.4 Å². The van der Waals surface area contributed by atoms with Gasteiger partial charge in [-0.05, 0) is 20.3 Å². The van der Waals surface area contributed by atoms with Crippen molar-refractivity contribution < 1.29 is 5.11 Å². The number of unbranched alkanes of at least 4 members (excludes halogenated alkanes) is 3. The summed E-state index contributed by atoms with van der Waals surface area (Å²) >= 11 is 0. The van der Waals surface area contributed by atoms with E-state index in [1.807, 2.05) is 0 Å². The first-order chi connectivity index (χ1) is 8.62. The van der Waals surface area contributed by atoms with Crippen LogP contribution in [0.4, 0.5) is 0 Å². The van der Waals surface area contributed by atoms with Gasteiger partial charge in [0.25, 0.3) is 0 Å². The van der Waals surface area contributed by atoms with Crippen molar-refractivity contribution in [2.75, 3.05) is 6.61 Å². The molecule has 114 valence electrons. The van der Waals surface area contributed by atoms with E-state index in [1.165, 1.54) is 30.4 Å². The van der Waals surface area contributed by atoms with Crippen molar-refractivity contribution in [3.63, 3.8) is 0 Å². The largest absolute Gasteiger partial charge is 0.396 e. The van der Waals surface area contributed by atoms with Crippen molar-refractivity contribution in [2.45, 2.75) is 74.1 Å². The van der Waals surface area contributed by atoms with E-state index >= 15 is 0 Å². The summed E-state index contributed by atoms with van der Waals surface area (Å²) in [6.45, 7) is 11.0. The molecule has 19 heavy (non-hydrogen) atoms. The normalized spacial score (nSPS) is 8.32. The van der Waals surface area contributed by atoms with Crippen molar-refractivity contribution in [1.29, 1.82) is 0 Å². The van der Waals surface area contributed by atoms with E-state index in [-0.39, 0.29) is 7.43 Å². The monoisotopic (exact) mass is 268 g/mol. The van der Waals surface area contributed by atoms with Gasteiger partial charge >= 0.3 is 0 Å². The molecule has 0 aromatic heterocycles. The summed E-state index contributed by atoms with van der Waals surface area (Å²) in [5.41, 5.74) is 2.66. The van der Waals surface area contributed by atoms with Crippen LogP contribution in [0.1, 0.15) is 71.4 Å². The molecule has 0 saturated carbocycles. The van der Waals surface area contributed by atoms with Gasteiger partial charge in [0.05, 0.1) is 0 Å². The van der Waals surface area contributed by atoms with Crippen LogP contribution in [0.15, 0.2) is 24.3 Å². The summed E-state index contributed by atoms with van der Waals surface area (Å²) in [6.07, 6.45) is 5.97. The molecule has 1 N–H and O–H groups in total. The molecular formula is C18H36O. The van der Waals surface area contributed by atoms with Gasteiger partial charge in [-0.1, -0.05) is 89.3 Å². The molecule has 0 atom stereocenters. The molecule has 0 heterocycles. The number of aliphatic hydroxyl groups excluding tert-OH is 1. The Balaban J connectivity index is -0.000000210. The van der Waals surface area contributed by atoms with Gasteiger partial charge in [-0.3, -0.25) is 0 Å². The van der Waals surface area contributed by atoms with Gasteiger partial charge in [0.1, 0.15) is 0 Å². The Hall–Kier alpha value is -0.820. The fourth-order valence-electron chi connectivity index (χ4n) is 0.999. The third-order valence-electron chi connectivity index (χ3n) is 2.48. The fourth-order valence-corrected chi connectivity index (χ4v) is 0.999. The van der Waals surface area contributed by atoms with E-state index in [1.54, 1.807) is 0 Å². The minimum atomic E-state index is 0. The lowest BCUT2D eigenvalue weighted by atomic mass is 10.2. The Labute approximate surface area is 122 Å². The van der Waals surface area contributed by atoms with Crippen LogP contribution in [0, 0.1) is 13.8 Å². The topological polar surface area (TPSA) is 20.2 Å². The standard InChI is InChI=1S/C8H10.C5H12O.C4H10.CH4/c1-7-3-5-8(2)6-4-7;1-2-3-4-5-6;1-3-4-2;/h3-6H,1-2H3;6H,2-5H2,1H3;3-4H2,1-2H3;1H4. The number of rotatable bonds is 4. The maximum Gasteiger partial charge on any atom is 0.0431 e. The van der Waals surface area contributed by atoms with Crippen LogP contribution < -0.4 is 0 Å². The first kappa shape index (κ1) is 23.3. The molecule has 0 unspecified atom stereocenters. The van der Waals surface area contributed by atoms with Gasteiger partial charge in [-0.2, -0.15) is 0 Å². The van der Waals surface area contributed by atoms with E-state index in [0.29, 0.717) is 6.61 Å². The molecule has 1 aromatic carbocycles. The Morgan fingerprint density at radius 1 is 0.737 bits per heavy atom. The second-order valence-electron chi connectivity index (χ2n) is 4.59. The maximum absolute atomic E-state index is 8.20. The average molecular weight is 268 g/mol. The predicted molar refractivity (Wildman–Crippen MR) is 89.8 cm³/mol. The van der Waals surface area contributed by atoms with Crippen LogP contribution in [0.5, 0.6) is 0 Å². The minimum absolute atomic E-state index is 0. The van der Waals surface area contributed by atoms with Crippen LogP contribution in [0.3, 0.4) is 0 Å². The molecule has 0 spiro atoms. The lowest BCUT2D eigenvalue weighted by Gasteiger charge is -1.90. The molecule has 1 nitrogen and oxygen atoms in total. The van der Waals surface area contributed by atoms with Crippen LogP contribution in [0.25, 0.3) is 0 Å². The fraction of sp³-hybridized carbons (Fsp3) is 0.667. The molecule has 0 radical (unpaired) electrons. The SMILES string of the molecule is C.CCCC.CCCCCO.Cc1ccc(C)cc1. The summed E-state index contributed by atoms with van der Waals surface area (Å²) in [5, 5.41) is 8.20. The Morgan fingerprint density at radius 2 is 1.11 bits per heavy atom. The van der Waals surface area contributed by atoms with Gasteiger partial charge < -0.3 is 5.11 Å². The quantitative estimate of drug-likeness (QED) is 0.672. The van der Waals surface area contributed by atoms with Crippen LogP contribution in [-0.2, 0) is 0 Å². The summed E-state index contributed by atoms with van der Waals surface area (Å²) < 4.78 is 0. The van der Waals surface area contributed by atoms with Crippen molar-refractivity contribution in [1.82, 2.24) is 0 Å². The van der Waals surface area contributed by atoms with E-state index in [4.69, 9.17) is 5.11 Å². The number of hydrogen-bond donors (Lipinski definition) is 1. The van der Waals surface area contributed by atoms with Gasteiger partial charge in [0.2, 0.25) is 0 Å². The molecule has 0 saturated heterocycles. The number of aryl methyl sites for hydroxylation is 2. The van der Waals surface area contributed by atoms with Gasteiger partial charge in [-0.25, -0.2) is 0 Å². The number of hydrogen-bond acceptors (Lipinski definition) is 1. The lowest BCUT2D eigenvalue weighted by Crippen LogP contribution is -1.78. The maximum atomic E-state index is 8.20. The van der Waals surface area contributed by atoms with Crippen LogP contribution in [0.2, 0.25) is 0 Å². The van der Waals surface area contributed by atoms with E-state index in [2.05, 4.69) is 58.9 Å². The van der Waals surface area contributed by atoms with Gasteiger partial charge in [0, 0.05) is 6.61 Å². The lowest BCUT2D eigenvalue weighted by molar-refractivity contribution is 0.284. The second-order valence-corrected chi connectivity index (χ2v) is 4.59. The third kappa shape index (κ3) is 22.8. The van der Waals surface area contributed by atoms with Crippen molar-refractivity contribution >= 4 is 0 Å². The molecule has 0 amide bonds. The molecular weight excluding hydrogens is 232 g/mol. The van der Waals surface area contributed by atoms with Crippen LogP contribution in [-0.4, -0.2) is 11.7 Å². The Kier molecular flexibility index (Phi) is 23.9. The zero-order chi connectivity index (χ0) is 14.2. The third-order valence-corrected chi connectivity index (χ3v) is 2.48. The zero-order valence-electron chi connectivity index (χ0n) is 13.0. The molecule has 0 aliphatic carbocycles. The van der Waals surface area contributed by atoms with Crippen molar-refractivity contribution in [3.8, 4) is 0 Å². The molecule has 0 fully saturated rings. The molecule has 0 aliphatic heterocycles. The first-order valence-corrected chi connectivity index (χ1v) is 7.26. The summed E-state index contributed by atoms with van der Waals surface area (Å²) in [6, 6.07) is 8.48. The second kappa shape index (κ2) is 19.5. The van der Waals surface area contributed by atoms with E-state index < -0.39 is 0 Å². The minimum Gasteiger partial charge on any atom is -0.396 e. The first-order valence-electron chi connectivity index (χ1n) is 7.26. The smallest absolute Gasteiger partial charge is 0.0431 e. The molecule has 1 rings (SSSR count). The van der Waals surface area contributed by atoms with Crippen LogP contribution >= 0.6 is 0 Å². The van der Waals surface area contributed by atoms with Gasteiger partial charge in [-0.15, -0.1) is 0 Å². The summed E-state index contributed by atoms with van der Waals surface area (Å²) in [7, 11) is 0. The Bertz CT molecular complexity index is 211. The molecule has 1 aromatic rings. The highest BCUT2D eigenvalue weighted by molar-refractivity contribution is 5.19. The highest BCUT2D eigenvalue weighted by Crippen LogP contribution is 1.99. The van der Waals surface area contributed by atoms with E-state index in [9.17, 15) is 0 Å². The summed E-state index contributed by atoms with van der Waals surface area (Å²) in [4.78, 5) is 0. The molecule has 0 aliphatic rings. The summed E-state index contributed by atoms with van der Waals surface area (Å²) in [5.74, 6) is 0. The van der Waals surface area contributed by atoms with E-state index in [0.717, 1.165) is 12.8 Å². The predicted octanol–water partition coefficient (Wildman–Crippen LogP) is 5.91. The average Bonchev–Trinajstić information content (AvgIpc) is 2.41. The van der Waals surface area contributed by atoms with Gasteiger partial charge in [0.15, 0.2) is 0 Å². The molecule has 0 bridgehead atoms. The Morgan fingerprint density at radius 3 is 1.26 bits per heavy atom. The van der Waals surface area contributed by atoms with Crippen molar-refractivity contribution in [2.24, 2.45) is 0 Å². The molecule has 1 heteroatoms. The number of benzene rings is 1. The highest BCUT2D eigenvalue weighted by atomic mass is 16.2. The zero-order valence-corrected chi connectivity index (χ0v) is 13.0.